The van der Waals surface area contributed by atoms with Crippen molar-refractivity contribution in [2.75, 3.05) is 20.6 Å². The molecule has 1 aromatic heterocycles. The van der Waals surface area contributed by atoms with E-state index in [4.69, 9.17) is 0 Å². The molecule has 0 spiro atoms. The van der Waals surface area contributed by atoms with Crippen molar-refractivity contribution in [1.82, 2.24) is 20.0 Å². The molecule has 4 heteroatoms. The van der Waals surface area contributed by atoms with Crippen LogP contribution in [0.4, 0.5) is 0 Å². The number of fused-ring (bicyclic) bond motifs is 5. The predicted octanol–water partition coefficient (Wildman–Crippen LogP) is 2.44. The summed E-state index contributed by atoms with van der Waals surface area (Å²) in [5.41, 5.74) is 1.32. The number of rotatable bonds is 5. The van der Waals surface area contributed by atoms with Crippen LogP contribution in [0.2, 0.25) is 0 Å². The standard InChI is InChI=1S/C18H30N4/c1-21(2)18(13-9-20-22(3)11-13)10-19-17-8-12-7-16(17)15-6-4-5-14(12)15/h9,11-12,14-19H,4-8,10H2,1-3H3/t12-,14+,15-,16+,17-,18-/m1/s1. The first-order valence-electron chi connectivity index (χ1n) is 9.02. The lowest BCUT2D eigenvalue weighted by Gasteiger charge is -2.34. The number of likely N-dealkylation sites (N-methyl/N-ethyl adjacent to an activating group) is 1. The second-order valence-electron chi connectivity index (χ2n) is 8.10. The first kappa shape index (κ1) is 14.7. The fourth-order valence-electron chi connectivity index (χ4n) is 5.78. The summed E-state index contributed by atoms with van der Waals surface area (Å²) in [4.78, 5) is 2.32. The Balaban J connectivity index is 1.39. The lowest BCUT2D eigenvalue weighted by Crippen LogP contribution is -2.43. The van der Waals surface area contributed by atoms with Crippen LogP contribution in [0.3, 0.4) is 0 Å². The van der Waals surface area contributed by atoms with E-state index in [-0.39, 0.29) is 0 Å². The van der Waals surface area contributed by atoms with Gasteiger partial charge in [-0.15, -0.1) is 0 Å². The van der Waals surface area contributed by atoms with Gasteiger partial charge < -0.3 is 10.2 Å². The van der Waals surface area contributed by atoms with Crippen molar-refractivity contribution in [3.63, 3.8) is 0 Å². The molecule has 2 bridgehead atoms. The van der Waals surface area contributed by atoms with Gasteiger partial charge in [0, 0.05) is 37.4 Å². The molecule has 0 radical (unpaired) electrons. The van der Waals surface area contributed by atoms with Crippen LogP contribution in [0.25, 0.3) is 0 Å². The largest absolute Gasteiger partial charge is 0.312 e. The van der Waals surface area contributed by atoms with Crippen molar-refractivity contribution >= 4 is 0 Å². The Kier molecular flexibility index (Phi) is 3.77. The number of aryl methyl sites for hydroxylation is 1. The molecule has 6 atom stereocenters. The summed E-state index contributed by atoms with van der Waals surface area (Å²) >= 11 is 0. The molecule has 1 heterocycles. The third-order valence-electron chi connectivity index (χ3n) is 6.74. The van der Waals surface area contributed by atoms with E-state index in [9.17, 15) is 0 Å². The van der Waals surface area contributed by atoms with Gasteiger partial charge in [0.25, 0.3) is 0 Å². The predicted molar refractivity (Wildman–Crippen MR) is 88.5 cm³/mol. The molecule has 1 aromatic rings. The second kappa shape index (κ2) is 5.64. The monoisotopic (exact) mass is 302 g/mol. The Labute approximate surface area is 134 Å². The van der Waals surface area contributed by atoms with Crippen molar-refractivity contribution in [3.05, 3.63) is 18.0 Å². The molecule has 4 rings (SSSR count). The summed E-state index contributed by atoms with van der Waals surface area (Å²) in [5, 5.41) is 8.28. The van der Waals surface area contributed by atoms with E-state index in [1.54, 1.807) is 0 Å². The number of aromatic nitrogens is 2. The van der Waals surface area contributed by atoms with Crippen LogP contribution >= 0.6 is 0 Å². The highest BCUT2D eigenvalue weighted by atomic mass is 15.2. The quantitative estimate of drug-likeness (QED) is 0.907. The van der Waals surface area contributed by atoms with Crippen molar-refractivity contribution in [3.8, 4) is 0 Å². The van der Waals surface area contributed by atoms with E-state index in [0.717, 1.165) is 36.3 Å². The van der Waals surface area contributed by atoms with Crippen molar-refractivity contribution in [2.24, 2.45) is 30.7 Å². The van der Waals surface area contributed by atoms with E-state index < -0.39 is 0 Å². The molecule has 0 aromatic carbocycles. The van der Waals surface area contributed by atoms with E-state index in [2.05, 4.69) is 35.6 Å². The lowest BCUT2D eigenvalue weighted by atomic mass is 9.79. The highest BCUT2D eigenvalue weighted by molar-refractivity contribution is 5.12. The van der Waals surface area contributed by atoms with Crippen LogP contribution in [0, 0.1) is 23.7 Å². The van der Waals surface area contributed by atoms with Crippen molar-refractivity contribution in [1.29, 1.82) is 0 Å². The van der Waals surface area contributed by atoms with Crippen LogP contribution < -0.4 is 5.32 Å². The second-order valence-corrected chi connectivity index (χ2v) is 8.10. The lowest BCUT2D eigenvalue weighted by molar-refractivity contribution is 0.194. The average Bonchev–Trinajstić information content (AvgIpc) is 3.18. The highest BCUT2D eigenvalue weighted by Crippen LogP contribution is 2.58. The van der Waals surface area contributed by atoms with Crippen LogP contribution in [0.5, 0.6) is 0 Å². The first-order valence-corrected chi connectivity index (χ1v) is 9.02. The van der Waals surface area contributed by atoms with Gasteiger partial charge in [-0.2, -0.15) is 5.10 Å². The number of hydrogen-bond donors (Lipinski definition) is 1. The molecule has 0 saturated heterocycles. The maximum Gasteiger partial charge on any atom is 0.0538 e. The van der Waals surface area contributed by atoms with Gasteiger partial charge in [-0.05, 0) is 63.5 Å². The Hall–Kier alpha value is -0.870. The zero-order chi connectivity index (χ0) is 15.3. The molecule has 0 unspecified atom stereocenters. The zero-order valence-electron chi connectivity index (χ0n) is 14.2. The molecule has 0 amide bonds. The molecule has 22 heavy (non-hydrogen) atoms. The minimum atomic E-state index is 0.423. The zero-order valence-corrected chi connectivity index (χ0v) is 14.2. The van der Waals surface area contributed by atoms with Crippen LogP contribution in [0.1, 0.15) is 43.7 Å². The molecule has 4 nitrogen and oxygen atoms in total. The molecule has 3 aliphatic rings. The van der Waals surface area contributed by atoms with Gasteiger partial charge in [-0.3, -0.25) is 4.68 Å². The van der Waals surface area contributed by atoms with Crippen molar-refractivity contribution < 1.29 is 0 Å². The van der Waals surface area contributed by atoms with Gasteiger partial charge in [0.1, 0.15) is 0 Å². The molecule has 0 aliphatic heterocycles. The Morgan fingerprint density at radius 1 is 1.27 bits per heavy atom. The molecular weight excluding hydrogens is 272 g/mol. The molecule has 122 valence electrons. The maximum absolute atomic E-state index is 4.34. The highest BCUT2D eigenvalue weighted by Gasteiger charge is 2.53. The van der Waals surface area contributed by atoms with E-state index in [0.29, 0.717) is 6.04 Å². The van der Waals surface area contributed by atoms with Gasteiger partial charge in [0.05, 0.1) is 6.20 Å². The fraction of sp³-hybridized carbons (Fsp3) is 0.833. The topological polar surface area (TPSA) is 33.1 Å². The van der Waals surface area contributed by atoms with Crippen LogP contribution in [-0.4, -0.2) is 41.4 Å². The fourth-order valence-corrected chi connectivity index (χ4v) is 5.78. The van der Waals surface area contributed by atoms with Crippen molar-refractivity contribution in [2.45, 2.75) is 44.2 Å². The van der Waals surface area contributed by atoms with Crippen LogP contribution in [0.15, 0.2) is 12.4 Å². The molecule has 3 fully saturated rings. The van der Waals surface area contributed by atoms with Crippen LogP contribution in [-0.2, 0) is 7.05 Å². The molecule has 3 saturated carbocycles. The number of hydrogen-bond acceptors (Lipinski definition) is 3. The molecular formula is C18H30N4. The Bertz CT molecular complexity index is 523. The normalized spacial score (nSPS) is 37.9. The number of nitrogens with one attached hydrogen (secondary N) is 1. The van der Waals surface area contributed by atoms with E-state index >= 15 is 0 Å². The SMILES string of the molecule is CN(C)[C@H](CN[C@@H]1C[C@H]2C[C@H]1[C@@H]1CCC[C@@H]21)c1cnn(C)c1. The third-order valence-corrected chi connectivity index (χ3v) is 6.74. The summed E-state index contributed by atoms with van der Waals surface area (Å²) in [5.74, 6) is 4.14. The minimum absolute atomic E-state index is 0.423. The maximum atomic E-state index is 4.34. The summed E-state index contributed by atoms with van der Waals surface area (Å²) < 4.78 is 1.91. The summed E-state index contributed by atoms with van der Waals surface area (Å²) in [6.07, 6.45) is 11.6. The average molecular weight is 302 g/mol. The summed E-state index contributed by atoms with van der Waals surface area (Å²) in [6.45, 7) is 1.05. The van der Waals surface area contributed by atoms with Gasteiger partial charge in [0.15, 0.2) is 0 Å². The summed E-state index contributed by atoms with van der Waals surface area (Å²) in [7, 11) is 6.35. The minimum Gasteiger partial charge on any atom is -0.312 e. The Morgan fingerprint density at radius 3 is 2.82 bits per heavy atom. The van der Waals surface area contributed by atoms with Gasteiger partial charge >= 0.3 is 0 Å². The van der Waals surface area contributed by atoms with Gasteiger partial charge in [0.2, 0.25) is 0 Å². The molecule has 3 aliphatic carbocycles. The smallest absolute Gasteiger partial charge is 0.0538 e. The van der Waals surface area contributed by atoms with Gasteiger partial charge in [-0.25, -0.2) is 0 Å². The third kappa shape index (κ3) is 2.41. The van der Waals surface area contributed by atoms with E-state index in [1.807, 2.05) is 17.9 Å². The first-order chi connectivity index (χ1) is 10.6. The van der Waals surface area contributed by atoms with E-state index in [1.165, 1.54) is 37.7 Å². The summed E-state index contributed by atoms with van der Waals surface area (Å²) in [6, 6.07) is 1.19. The number of nitrogens with zero attached hydrogens (tertiary/aromatic N) is 3. The molecule has 1 N–H and O–H groups in total. The Morgan fingerprint density at radius 2 is 2.09 bits per heavy atom. The van der Waals surface area contributed by atoms with Gasteiger partial charge in [-0.1, -0.05) is 6.42 Å².